The summed E-state index contributed by atoms with van der Waals surface area (Å²) >= 11 is 3.18. The second kappa shape index (κ2) is 13.2. The third-order valence-electron chi connectivity index (χ3n) is 4.85. The van der Waals surface area contributed by atoms with Gasteiger partial charge in [-0.1, -0.05) is 0 Å². The van der Waals surface area contributed by atoms with Crippen LogP contribution in [0.3, 0.4) is 0 Å². The minimum absolute atomic E-state index is 0.112. The number of carbonyl (C=O) groups excluding carboxylic acids is 2. The van der Waals surface area contributed by atoms with Gasteiger partial charge in [-0.05, 0) is 50.6 Å². The summed E-state index contributed by atoms with van der Waals surface area (Å²) < 4.78 is 5.53. The van der Waals surface area contributed by atoms with Gasteiger partial charge in [-0.25, -0.2) is 4.79 Å². The Morgan fingerprint density at radius 1 is 1.00 bits per heavy atom. The zero-order valence-corrected chi connectivity index (χ0v) is 20.7. The van der Waals surface area contributed by atoms with Gasteiger partial charge in [-0.3, -0.25) is 9.59 Å². The third-order valence-corrected chi connectivity index (χ3v) is 6.07. The van der Waals surface area contributed by atoms with Crippen molar-refractivity contribution in [2.45, 2.75) is 13.8 Å². The molecule has 0 radical (unpaired) electrons. The number of anilines is 1. The molecule has 0 aliphatic heterocycles. The van der Waals surface area contributed by atoms with Gasteiger partial charge in [0.05, 0.1) is 5.56 Å². The molecule has 0 saturated heterocycles. The molecule has 0 atom stereocenters. The van der Waals surface area contributed by atoms with Crippen LogP contribution in [0.2, 0.25) is 0 Å². The van der Waals surface area contributed by atoms with Crippen molar-refractivity contribution in [2.24, 2.45) is 0 Å². The molecule has 1 heterocycles. The second-order valence-corrected chi connectivity index (χ2v) is 8.91. The van der Waals surface area contributed by atoms with Gasteiger partial charge in [0.1, 0.15) is 11.2 Å². The summed E-state index contributed by atoms with van der Waals surface area (Å²) in [6.07, 6.45) is 5.18. The van der Waals surface area contributed by atoms with E-state index in [0.29, 0.717) is 18.7 Å². The first-order valence-electron chi connectivity index (χ1n) is 10.5. The first-order chi connectivity index (χ1) is 15.4. The number of hydrogen-bond donors (Lipinski definition) is 2. The van der Waals surface area contributed by atoms with E-state index in [9.17, 15) is 14.4 Å². The van der Waals surface area contributed by atoms with Crippen molar-refractivity contribution < 1.29 is 14.0 Å². The minimum atomic E-state index is -0.597. The number of benzene rings is 1. The molecule has 0 unspecified atom stereocenters. The summed E-state index contributed by atoms with van der Waals surface area (Å²) in [5, 5.41) is 6.18. The van der Waals surface area contributed by atoms with Crippen molar-refractivity contribution in [3.05, 3.63) is 45.8 Å². The fourth-order valence-electron chi connectivity index (χ4n) is 3.12. The zero-order valence-electron chi connectivity index (χ0n) is 19.0. The molecule has 7 nitrogen and oxygen atoms in total. The number of fused-ring (bicyclic) bond motifs is 1. The Morgan fingerprint density at radius 2 is 1.59 bits per heavy atom. The van der Waals surface area contributed by atoms with Crippen LogP contribution in [0.15, 0.2) is 39.1 Å². The molecule has 2 aromatic rings. The number of nitrogens with one attached hydrogen (secondary N) is 2. The first-order valence-corrected chi connectivity index (χ1v) is 13.3. The van der Waals surface area contributed by atoms with Crippen molar-refractivity contribution in [3.63, 3.8) is 0 Å². The lowest BCUT2D eigenvalue weighted by molar-refractivity contribution is -0.123. The summed E-state index contributed by atoms with van der Waals surface area (Å²) in [6, 6.07) is 7.33. The van der Waals surface area contributed by atoms with Gasteiger partial charge in [0.15, 0.2) is 0 Å². The number of amides is 2. The van der Waals surface area contributed by atoms with E-state index >= 15 is 0 Å². The molecule has 174 valence electrons. The lowest BCUT2D eigenvalue weighted by Crippen LogP contribution is -2.36. The number of rotatable bonds is 12. The lowest BCUT2D eigenvalue weighted by atomic mass is 10.1. The molecule has 0 bridgehead atoms. The summed E-state index contributed by atoms with van der Waals surface area (Å²) in [7, 11) is 0. The predicted octanol–water partition coefficient (Wildman–Crippen LogP) is 2.98. The van der Waals surface area contributed by atoms with Crippen LogP contribution in [-0.2, 0) is 9.59 Å². The van der Waals surface area contributed by atoms with Gasteiger partial charge in [0.2, 0.25) is 0 Å². The van der Waals surface area contributed by atoms with E-state index in [4.69, 9.17) is 4.42 Å². The van der Waals surface area contributed by atoms with Crippen LogP contribution < -0.4 is 21.2 Å². The molecule has 9 heteroatoms. The highest BCUT2D eigenvalue weighted by molar-refractivity contribution is 7.98. The summed E-state index contributed by atoms with van der Waals surface area (Å²) in [5.74, 6) is 0.411. The molecule has 0 aliphatic rings. The van der Waals surface area contributed by atoms with Crippen molar-refractivity contribution in [3.8, 4) is 0 Å². The van der Waals surface area contributed by atoms with Crippen LogP contribution in [0.1, 0.15) is 19.4 Å². The fourth-order valence-corrected chi connectivity index (χ4v) is 3.73. The van der Waals surface area contributed by atoms with Crippen molar-refractivity contribution in [2.75, 3.05) is 55.1 Å². The van der Waals surface area contributed by atoms with Crippen LogP contribution in [-0.4, -0.2) is 62.0 Å². The van der Waals surface area contributed by atoms with Gasteiger partial charge in [0, 0.05) is 54.8 Å². The Balaban J connectivity index is 2.42. The van der Waals surface area contributed by atoms with Crippen LogP contribution in [0, 0.1) is 0 Å². The van der Waals surface area contributed by atoms with Gasteiger partial charge < -0.3 is 20.0 Å². The molecule has 1 aromatic heterocycles. The third kappa shape index (κ3) is 7.06. The molecule has 0 aliphatic carbocycles. The van der Waals surface area contributed by atoms with Crippen LogP contribution in [0.5, 0.6) is 0 Å². The van der Waals surface area contributed by atoms with Crippen molar-refractivity contribution >= 4 is 58.1 Å². The summed E-state index contributed by atoms with van der Waals surface area (Å²) in [6.45, 7) is 6.66. The molecule has 2 rings (SSSR count). The van der Waals surface area contributed by atoms with Crippen molar-refractivity contribution in [1.29, 1.82) is 0 Å². The molecule has 2 amide bonds. The largest absolute Gasteiger partial charge is 0.422 e. The van der Waals surface area contributed by atoms with Crippen molar-refractivity contribution in [1.82, 2.24) is 10.6 Å². The maximum Gasteiger partial charge on any atom is 0.343 e. The second-order valence-electron chi connectivity index (χ2n) is 6.94. The Morgan fingerprint density at radius 3 is 2.12 bits per heavy atom. The molecule has 0 spiro atoms. The predicted molar refractivity (Wildman–Crippen MR) is 137 cm³/mol. The lowest BCUT2D eigenvalue weighted by Gasteiger charge is -2.20. The Hall–Kier alpha value is -2.39. The van der Waals surface area contributed by atoms with E-state index in [2.05, 4.69) is 29.4 Å². The van der Waals surface area contributed by atoms with E-state index in [-0.39, 0.29) is 11.1 Å². The first kappa shape index (κ1) is 25.9. The standard InChI is InChI=1S/C23H31N3O4S2/c1-5-26(6-2)18-8-7-16-13-17(23(29)30-20(16)15-18)14-19(21(27)24-9-11-31-3)22(28)25-10-12-32-4/h7-8,13-15H,5-6,9-12H2,1-4H3,(H,24,27)(H,25,28). The van der Waals surface area contributed by atoms with E-state index in [0.717, 1.165) is 35.7 Å². The fraction of sp³-hybridized carbons (Fsp3) is 0.435. The zero-order chi connectivity index (χ0) is 23.5. The SMILES string of the molecule is CCN(CC)c1ccc2cc(C=C(C(=O)NCCSC)C(=O)NCCSC)c(=O)oc2c1. The van der Waals surface area contributed by atoms with E-state index in [1.807, 2.05) is 30.7 Å². The van der Waals surface area contributed by atoms with Crippen LogP contribution >= 0.6 is 23.5 Å². The highest BCUT2D eigenvalue weighted by Gasteiger charge is 2.19. The summed E-state index contributed by atoms with van der Waals surface area (Å²) in [4.78, 5) is 40.1. The minimum Gasteiger partial charge on any atom is -0.422 e. The van der Waals surface area contributed by atoms with E-state index in [1.165, 1.54) is 6.08 Å². The molecule has 32 heavy (non-hydrogen) atoms. The Kier molecular flexibility index (Phi) is 10.7. The summed E-state index contributed by atoms with van der Waals surface area (Å²) in [5.41, 5.74) is 0.880. The molecule has 0 saturated carbocycles. The molecule has 1 aromatic carbocycles. The highest BCUT2D eigenvalue weighted by atomic mass is 32.2. The number of hydrogen-bond acceptors (Lipinski definition) is 7. The molecule has 2 N–H and O–H groups in total. The van der Waals surface area contributed by atoms with E-state index in [1.54, 1.807) is 29.6 Å². The van der Waals surface area contributed by atoms with Crippen LogP contribution in [0.25, 0.3) is 17.0 Å². The van der Waals surface area contributed by atoms with E-state index < -0.39 is 17.4 Å². The number of nitrogens with zero attached hydrogens (tertiary/aromatic N) is 1. The monoisotopic (exact) mass is 477 g/mol. The van der Waals surface area contributed by atoms with Gasteiger partial charge in [0.25, 0.3) is 11.8 Å². The highest BCUT2D eigenvalue weighted by Crippen LogP contribution is 2.22. The maximum atomic E-state index is 12.7. The van der Waals surface area contributed by atoms with Gasteiger partial charge in [-0.15, -0.1) is 0 Å². The maximum absolute atomic E-state index is 12.7. The molecular weight excluding hydrogens is 446 g/mol. The average molecular weight is 478 g/mol. The Bertz CT molecular complexity index is 992. The van der Waals surface area contributed by atoms with Crippen LogP contribution in [0.4, 0.5) is 5.69 Å². The van der Waals surface area contributed by atoms with Gasteiger partial charge in [-0.2, -0.15) is 23.5 Å². The molecular formula is C23H31N3O4S2. The normalized spacial score (nSPS) is 10.6. The molecule has 0 fully saturated rings. The number of thioether (sulfide) groups is 2. The Labute approximate surface area is 197 Å². The topological polar surface area (TPSA) is 91.7 Å². The number of carbonyl (C=O) groups is 2. The van der Waals surface area contributed by atoms with Gasteiger partial charge >= 0.3 is 5.63 Å². The smallest absolute Gasteiger partial charge is 0.343 e. The quantitative estimate of drug-likeness (QED) is 0.160. The average Bonchev–Trinajstić information content (AvgIpc) is 2.78.